The summed E-state index contributed by atoms with van der Waals surface area (Å²) in [4.78, 5) is 0. The van der Waals surface area contributed by atoms with Crippen LogP contribution in [0.3, 0.4) is 0 Å². The normalized spacial score (nSPS) is 14.7. The van der Waals surface area contributed by atoms with Crippen LogP contribution in [0.5, 0.6) is 0 Å². The van der Waals surface area contributed by atoms with Crippen molar-refractivity contribution in [2.24, 2.45) is 5.41 Å². The molecule has 0 fully saturated rings. The van der Waals surface area contributed by atoms with Gasteiger partial charge in [-0.3, -0.25) is 4.68 Å². The van der Waals surface area contributed by atoms with E-state index in [9.17, 15) is 0 Å². The van der Waals surface area contributed by atoms with E-state index >= 15 is 0 Å². The highest BCUT2D eigenvalue weighted by Crippen LogP contribution is 2.29. The maximum absolute atomic E-state index is 4.81. The molecule has 0 aliphatic heterocycles. The molecule has 1 N–H and O–H groups in total. The quantitative estimate of drug-likeness (QED) is 0.863. The summed E-state index contributed by atoms with van der Waals surface area (Å²) in [7, 11) is 2.02. The topological polar surface area (TPSA) is 29.9 Å². The lowest BCUT2D eigenvalue weighted by atomic mass is 9.82. The molecule has 0 radical (unpaired) electrons. The molecule has 0 aliphatic carbocycles. The molecule has 2 rings (SSSR count). The van der Waals surface area contributed by atoms with E-state index in [0.717, 1.165) is 25.9 Å². The second kappa shape index (κ2) is 5.74. The van der Waals surface area contributed by atoms with Gasteiger partial charge in [-0.2, -0.15) is 5.10 Å². The molecule has 1 unspecified atom stereocenters. The van der Waals surface area contributed by atoms with Gasteiger partial charge < -0.3 is 5.32 Å². The third-order valence-electron chi connectivity index (χ3n) is 4.09. The molecule has 0 saturated carbocycles. The molecule has 3 heteroatoms. The second-order valence-corrected chi connectivity index (χ2v) is 5.65. The van der Waals surface area contributed by atoms with Crippen molar-refractivity contribution >= 4 is 10.9 Å². The SMILES string of the molecule is CCn1nc(CC(C)(CC)CNC)c2ccccc21. The van der Waals surface area contributed by atoms with E-state index in [1.54, 1.807) is 0 Å². The van der Waals surface area contributed by atoms with Crippen LogP contribution >= 0.6 is 0 Å². The Balaban J connectivity index is 2.40. The van der Waals surface area contributed by atoms with Gasteiger partial charge in [0.2, 0.25) is 0 Å². The first-order chi connectivity index (χ1) is 9.13. The number of para-hydroxylation sites is 1. The van der Waals surface area contributed by atoms with E-state index in [1.807, 2.05) is 7.05 Å². The van der Waals surface area contributed by atoms with Crippen LogP contribution in [0.25, 0.3) is 10.9 Å². The van der Waals surface area contributed by atoms with Gasteiger partial charge in [0.25, 0.3) is 0 Å². The Morgan fingerprint density at radius 2 is 2.00 bits per heavy atom. The maximum atomic E-state index is 4.81. The molecule has 3 nitrogen and oxygen atoms in total. The molecule has 1 aromatic heterocycles. The molecule has 0 amide bonds. The summed E-state index contributed by atoms with van der Waals surface area (Å²) in [5, 5.41) is 9.43. The lowest BCUT2D eigenvalue weighted by Crippen LogP contribution is -2.31. The number of hydrogen-bond donors (Lipinski definition) is 1. The highest BCUT2D eigenvalue weighted by Gasteiger charge is 2.24. The van der Waals surface area contributed by atoms with Gasteiger partial charge in [-0.1, -0.05) is 32.0 Å². The van der Waals surface area contributed by atoms with Crippen molar-refractivity contribution in [3.63, 3.8) is 0 Å². The van der Waals surface area contributed by atoms with Gasteiger partial charge in [0.1, 0.15) is 0 Å². The van der Waals surface area contributed by atoms with E-state index in [1.165, 1.54) is 16.6 Å². The minimum atomic E-state index is 0.268. The van der Waals surface area contributed by atoms with Crippen molar-refractivity contribution in [3.05, 3.63) is 30.0 Å². The zero-order chi connectivity index (χ0) is 13.9. The Morgan fingerprint density at radius 3 is 2.63 bits per heavy atom. The first kappa shape index (κ1) is 14.1. The number of aromatic nitrogens is 2. The van der Waals surface area contributed by atoms with Crippen molar-refractivity contribution < 1.29 is 0 Å². The standard InChI is InChI=1S/C16H25N3/c1-5-16(3,12-17-4)11-14-13-9-7-8-10-15(13)19(6-2)18-14/h7-10,17H,5-6,11-12H2,1-4H3. The smallest absolute Gasteiger partial charge is 0.0709 e. The number of rotatable bonds is 6. The van der Waals surface area contributed by atoms with Crippen LogP contribution in [0.15, 0.2) is 24.3 Å². The van der Waals surface area contributed by atoms with Crippen molar-refractivity contribution in [1.82, 2.24) is 15.1 Å². The van der Waals surface area contributed by atoms with E-state index < -0.39 is 0 Å². The molecule has 104 valence electrons. The van der Waals surface area contributed by atoms with E-state index in [-0.39, 0.29) is 5.41 Å². The Morgan fingerprint density at radius 1 is 1.26 bits per heavy atom. The van der Waals surface area contributed by atoms with Crippen LogP contribution in [0, 0.1) is 5.41 Å². The zero-order valence-corrected chi connectivity index (χ0v) is 12.5. The fourth-order valence-corrected chi connectivity index (χ4v) is 2.71. The third kappa shape index (κ3) is 2.81. The minimum Gasteiger partial charge on any atom is -0.319 e. The van der Waals surface area contributed by atoms with Gasteiger partial charge in [-0.25, -0.2) is 0 Å². The van der Waals surface area contributed by atoms with Crippen molar-refractivity contribution in [2.75, 3.05) is 13.6 Å². The van der Waals surface area contributed by atoms with Crippen molar-refractivity contribution in [2.45, 2.75) is 40.2 Å². The second-order valence-electron chi connectivity index (χ2n) is 5.65. The Bertz CT molecular complexity index is 544. The molecule has 0 saturated heterocycles. The van der Waals surface area contributed by atoms with Gasteiger partial charge in [0.15, 0.2) is 0 Å². The van der Waals surface area contributed by atoms with E-state index in [0.29, 0.717) is 0 Å². The Kier molecular flexibility index (Phi) is 4.25. The first-order valence-corrected chi connectivity index (χ1v) is 7.22. The average Bonchev–Trinajstić information content (AvgIpc) is 2.77. The fourth-order valence-electron chi connectivity index (χ4n) is 2.71. The van der Waals surface area contributed by atoms with Crippen LogP contribution in [0.1, 0.15) is 32.9 Å². The number of aryl methyl sites for hydroxylation is 1. The molecule has 19 heavy (non-hydrogen) atoms. The number of nitrogens with zero attached hydrogens (tertiary/aromatic N) is 2. The monoisotopic (exact) mass is 259 g/mol. The van der Waals surface area contributed by atoms with Crippen LogP contribution in [-0.4, -0.2) is 23.4 Å². The van der Waals surface area contributed by atoms with Crippen LogP contribution in [0.2, 0.25) is 0 Å². The molecule has 0 bridgehead atoms. The number of hydrogen-bond acceptors (Lipinski definition) is 2. The van der Waals surface area contributed by atoms with E-state index in [4.69, 9.17) is 5.10 Å². The summed E-state index contributed by atoms with van der Waals surface area (Å²) in [6.07, 6.45) is 2.18. The largest absolute Gasteiger partial charge is 0.319 e. The van der Waals surface area contributed by atoms with Gasteiger partial charge >= 0.3 is 0 Å². The highest BCUT2D eigenvalue weighted by molar-refractivity contribution is 5.82. The van der Waals surface area contributed by atoms with Crippen LogP contribution in [0.4, 0.5) is 0 Å². The molecule has 0 aliphatic rings. The summed E-state index contributed by atoms with van der Waals surface area (Å²) in [5.41, 5.74) is 2.75. The summed E-state index contributed by atoms with van der Waals surface area (Å²) in [5.74, 6) is 0. The average molecular weight is 259 g/mol. The van der Waals surface area contributed by atoms with Crippen molar-refractivity contribution in [3.8, 4) is 0 Å². The summed E-state index contributed by atoms with van der Waals surface area (Å²) in [6.45, 7) is 8.70. The lowest BCUT2D eigenvalue weighted by Gasteiger charge is -2.27. The first-order valence-electron chi connectivity index (χ1n) is 7.22. The summed E-state index contributed by atoms with van der Waals surface area (Å²) >= 11 is 0. The molecule has 1 aromatic carbocycles. The summed E-state index contributed by atoms with van der Waals surface area (Å²) in [6, 6.07) is 8.55. The zero-order valence-electron chi connectivity index (χ0n) is 12.5. The maximum Gasteiger partial charge on any atom is 0.0709 e. The highest BCUT2D eigenvalue weighted by atomic mass is 15.3. The van der Waals surface area contributed by atoms with Crippen molar-refractivity contribution in [1.29, 1.82) is 0 Å². The predicted octanol–water partition coefficient (Wildman–Crippen LogP) is 3.23. The fraction of sp³-hybridized carbons (Fsp3) is 0.562. The molecule has 1 heterocycles. The van der Waals surface area contributed by atoms with Crippen LogP contribution < -0.4 is 5.32 Å². The van der Waals surface area contributed by atoms with Gasteiger partial charge in [-0.15, -0.1) is 0 Å². The molecule has 0 spiro atoms. The molecule has 1 atom stereocenters. The Labute approximate surface area is 116 Å². The summed E-state index contributed by atoms with van der Waals surface area (Å²) < 4.78 is 2.11. The molecular formula is C16H25N3. The molecule has 2 aromatic rings. The third-order valence-corrected chi connectivity index (χ3v) is 4.09. The minimum absolute atomic E-state index is 0.268. The number of fused-ring (bicyclic) bond motifs is 1. The molecular weight excluding hydrogens is 234 g/mol. The number of benzene rings is 1. The van der Waals surface area contributed by atoms with Crippen LogP contribution in [-0.2, 0) is 13.0 Å². The Hall–Kier alpha value is -1.35. The van der Waals surface area contributed by atoms with Gasteiger partial charge in [0, 0.05) is 18.5 Å². The van der Waals surface area contributed by atoms with E-state index in [2.05, 4.69) is 55.0 Å². The predicted molar refractivity (Wildman–Crippen MR) is 81.4 cm³/mol. The number of nitrogens with one attached hydrogen (secondary N) is 1. The lowest BCUT2D eigenvalue weighted by molar-refractivity contribution is 0.296. The van der Waals surface area contributed by atoms with Gasteiger partial charge in [-0.05, 0) is 38.3 Å². The van der Waals surface area contributed by atoms with Gasteiger partial charge in [0.05, 0.1) is 11.2 Å².